The van der Waals surface area contributed by atoms with Gasteiger partial charge in [0, 0.05) is 22.8 Å². The van der Waals surface area contributed by atoms with E-state index >= 15 is 0 Å². The third kappa shape index (κ3) is 3.43. The predicted molar refractivity (Wildman–Crippen MR) is 79.0 cm³/mol. The van der Waals surface area contributed by atoms with Crippen molar-refractivity contribution in [2.75, 3.05) is 19.0 Å². The summed E-state index contributed by atoms with van der Waals surface area (Å²) < 4.78 is 7.58. The van der Waals surface area contributed by atoms with E-state index in [0.717, 1.165) is 10.2 Å². The molecule has 2 aromatic rings. The van der Waals surface area contributed by atoms with Crippen LogP contribution < -0.4 is 10.1 Å². The van der Waals surface area contributed by atoms with E-state index < -0.39 is 0 Å². The molecule has 0 amide bonds. The van der Waals surface area contributed by atoms with Gasteiger partial charge in [0.15, 0.2) is 11.5 Å². The van der Waals surface area contributed by atoms with Crippen LogP contribution in [-0.4, -0.2) is 33.7 Å². The third-order valence-corrected chi connectivity index (χ3v) is 3.24. The van der Waals surface area contributed by atoms with Crippen molar-refractivity contribution in [3.63, 3.8) is 0 Å². The van der Waals surface area contributed by atoms with E-state index in [1.165, 1.54) is 7.11 Å². The molecule has 0 aliphatic heterocycles. The fraction of sp³-hybridized carbons (Fsp3) is 0.308. The predicted octanol–water partition coefficient (Wildman–Crippen LogP) is 1.96. The minimum Gasteiger partial charge on any atom is -0.504 e. The number of methoxy groups -OCH3 is 1. The number of halogens is 1. The second kappa shape index (κ2) is 6.62. The van der Waals surface area contributed by atoms with Crippen molar-refractivity contribution < 1.29 is 14.9 Å². The molecular formula is C13H16BrN3O3. The number of aliphatic hydroxyl groups is 1. The summed E-state index contributed by atoms with van der Waals surface area (Å²) in [6, 6.07) is 3.53. The van der Waals surface area contributed by atoms with Crippen LogP contribution in [0.5, 0.6) is 11.5 Å². The van der Waals surface area contributed by atoms with Gasteiger partial charge >= 0.3 is 0 Å². The van der Waals surface area contributed by atoms with Gasteiger partial charge in [-0.3, -0.25) is 4.68 Å². The Hall–Kier alpha value is -1.73. The lowest BCUT2D eigenvalue weighted by Gasteiger charge is -2.10. The molecule has 0 atom stereocenters. The third-order valence-electron chi connectivity index (χ3n) is 2.78. The van der Waals surface area contributed by atoms with E-state index in [9.17, 15) is 5.11 Å². The molecule has 0 saturated heterocycles. The van der Waals surface area contributed by atoms with E-state index in [-0.39, 0.29) is 12.4 Å². The van der Waals surface area contributed by atoms with Crippen molar-refractivity contribution in [2.24, 2.45) is 0 Å². The summed E-state index contributed by atoms with van der Waals surface area (Å²) in [4.78, 5) is 0. The summed E-state index contributed by atoms with van der Waals surface area (Å²) in [5.41, 5.74) is 1.53. The molecule has 6 nitrogen and oxygen atoms in total. The van der Waals surface area contributed by atoms with Gasteiger partial charge < -0.3 is 20.3 Å². The Bertz CT molecular complexity index is 586. The molecule has 0 spiro atoms. The van der Waals surface area contributed by atoms with E-state index in [2.05, 4.69) is 26.3 Å². The maximum Gasteiger partial charge on any atom is 0.162 e. The Balaban J connectivity index is 2.08. The van der Waals surface area contributed by atoms with Gasteiger partial charge in [-0.2, -0.15) is 5.10 Å². The number of hydrogen-bond donors (Lipinski definition) is 3. The number of hydrogen-bond acceptors (Lipinski definition) is 5. The number of nitrogens with one attached hydrogen (secondary N) is 1. The van der Waals surface area contributed by atoms with Gasteiger partial charge in [-0.25, -0.2) is 0 Å². The molecular weight excluding hydrogens is 326 g/mol. The lowest BCUT2D eigenvalue weighted by atomic mass is 10.2. The second-order valence-corrected chi connectivity index (χ2v) is 5.10. The van der Waals surface area contributed by atoms with Crippen LogP contribution in [0.4, 0.5) is 5.69 Å². The van der Waals surface area contributed by atoms with Crippen LogP contribution in [0, 0.1) is 0 Å². The zero-order valence-corrected chi connectivity index (χ0v) is 12.6. The van der Waals surface area contributed by atoms with Gasteiger partial charge in [-0.15, -0.1) is 0 Å². The van der Waals surface area contributed by atoms with Crippen LogP contribution >= 0.6 is 15.9 Å². The summed E-state index contributed by atoms with van der Waals surface area (Å²) in [5, 5.41) is 26.1. The number of anilines is 1. The number of nitrogens with zero attached hydrogens (tertiary/aromatic N) is 2. The zero-order chi connectivity index (χ0) is 14.5. The molecule has 1 heterocycles. The Morgan fingerprint density at radius 3 is 2.95 bits per heavy atom. The number of aromatic hydroxyl groups is 1. The summed E-state index contributed by atoms with van der Waals surface area (Å²) >= 11 is 3.38. The lowest BCUT2D eigenvalue weighted by Crippen LogP contribution is -2.02. The number of phenols is 1. The average Bonchev–Trinajstić information content (AvgIpc) is 2.87. The summed E-state index contributed by atoms with van der Waals surface area (Å²) in [6.07, 6.45) is 3.46. The number of aliphatic hydroxyl groups excluding tert-OH is 1. The van der Waals surface area contributed by atoms with Crippen molar-refractivity contribution in [3.8, 4) is 11.5 Å². The minimum absolute atomic E-state index is 0.0464. The van der Waals surface area contributed by atoms with Gasteiger partial charge in [0.1, 0.15) is 0 Å². The van der Waals surface area contributed by atoms with Crippen LogP contribution in [0.1, 0.15) is 5.56 Å². The molecule has 0 radical (unpaired) electrons. The molecule has 2 rings (SSSR count). The van der Waals surface area contributed by atoms with Crippen LogP contribution in [-0.2, 0) is 13.1 Å². The average molecular weight is 342 g/mol. The maximum absolute atomic E-state index is 10.0. The summed E-state index contributed by atoms with van der Waals surface area (Å²) in [6.45, 7) is 0.939. The van der Waals surface area contributed by atoms with E-state index in [1.54, 1.807) is 23.1 Å². The van der Waals surface area contributed by atoms with Crippen LogP contribution in [0.15, 0.2) is 29.0 Å². The quantitative estimate of drug-likeness (QED) is 0.748. The van der Waals surface area contributed by atoms with Crippen LogP contribution in [0.2, 0.25) is 0 Å². The SMILES string of the molecule is COc1cc(Br)cc(CNc2cnn(CCO)c2)c1O. The Kier molecular flexibility index (Phi) is 4.86. The highest BCUT2D eigenvalue weighted by Crippen LogP contribution is 2.33. The van der Waals surface area contributed by atoms with Crippen molar-refractivity contribution in [3.05, 3.63) is 34.6 Å². The maximum atomic E-state index is 10.0. The summed E-state index contributed by atoms with van der Waals surface area (Å²) in [5.74, 6) is 0.540. The fourth-order valence-corrected chi connectivity index (χ4v) is 2.28. The molecule has 0 unspecified atom stereocenters. The highest BCUT2D eigenvalue weighted by Gasteiger charge is 2.10. The highest BCUT2D eigenvalue weighted by molar-refractivity contribution is 9.10. The Labute approximate surface area is 125 Å². The first-order chi connectivity index (χ1) is 9.63. The molecule has 20 heavy (non-hydrogen) atoms. The van der Waals surface area contributed by atoms with Crippen LogP contribution in [0.25, 0.3) is 0 Å². The van der Waals surface area contributed by atoms with Crippen molar-refractivity contribution in [2.45, 2.75) is 13.1 Å². The number of aromatic nitrogens is 2. The monoisotopic (exact) mass is 341 g/mol. The molecule has 0 bridgehead atoms. The molecule has 0 aliphatic rings. The van der Waals surface area contributed by atoms with Gasteiger partial charge in [0.05, 0.1) is 32.1 Å². The Morgan fingerprint density at radius 2 is 2.25 bits per heavy atom. The summed E-state index contributed by atoms with van der Waals surface area (Å²) in [7, 11) is 1.51. The Morgan fingerprint density at radius 1 is 1.45 bits per heavy atom. The molecule has 3 N–H and O–H groups in total. The lowest BCUT2D eigenvalue weighted by molar-refractivity contribution is 0.269. The van der Waals surface area contributed by atoms with E-state index in [0.29, 0.717) is 24.4 Å². The first-order valence-electron chi connectivity index (χ1n) is 6.06. The topological polar surface area (TPSA) is 79.5 Å². The van der Waals surface area contributed by atoms with E-state index in [4.69, 9.17) is 9.84 Å². The number of rotatable bonds is 6. The van der Waals surface area contributed by atoms with E-state index in [1.807, 2.05) is 6.07 Å². The van der Waals surface area contributed by atoms with Gasteiger partial charge in [0.2, 0.25) is 0 Å². The van der Waals surface area contributed by atoms with Gasteiger partial charge in [-0.05, 0) is 12.1 Å². The molecule has 0 saturated carbocycles. The van der Waals surface area contributed by atoms with Crippen molar-refractivity contribution >= 4 is 21.6 Å². The molecule has 0 fully saturated rings. The van der Waals surface area contributed by atoms with Gasteiger partial charge in [-0.1, -0.05) is 15.9 Å². The molecule has 0 aliphatic carbocycles. The highest BCUT2D eigenvalue weighted by atomic mass is 79.9. The number of phenolic OH excluding ortho intramolecular Hbond substituents is 1. The number of ether oxygens (including phenoxy) is 1. The molecule has 108 valence electrons. The standard InChI is InChI=1S/C13H16BrN3O3/c1-20-12-5-10(14)4-9(13(12)19)6-15-11-7-16-17(8-11)2-3-18/h4-5,7-8,15,18-19H,2-3,6H2,1H3. The molecule has 1 aromatic carbocycles. The molecule has 1 aromatic heterocycles. The number of benzene rings is 1. The normalized spacial score (nSPS) is 10.6. The fourth-order valence-electron chi connectivity index (χ4n) is 1.80. The first kappa shape index (κ1) is 14.7. The van der Waals surface area contributed by atoms with Crippen molar-refractivity contribution in [1.29, 1.82) is 0 Å². The van der Waals surface area contributed by atoms with Crippen LogP contribution in [0.3, 0.4) is 0 Å². The van der Waals surface area contributed by atoms with Crippen molar-refractivity contribution in [1.82, 2.24) is 9.78 Å². The largest absolute Gasteiger partial charge is 0.504 e. The minimum atomic E-state index is 0.0464. The van der Waals surface area contributed by atoms with Gasteiger partial charge in [0.25, 0.3) is 0 Å². The molecule has 7 heteroatoms. The smallest absolute Gasteiger partial charge is 0.162 e. The first-order valence-corrected chi connectivity index (χ1v) is 6.86. The second-order valence-electron chi connectivity index (χ2n) is 4.19. The zero-order valence-electron chi connectivity index (χ0n) is 11.0.